The molecule has 4 nitrogen and oxygen atoms in total. The van der Waals surface area contributed by atoms with Gasteiger partial charge in [0.15, 0.2) is 0 Å². The minimum atomic E-state index is -0.769. The van der Waals surface area contributed by atoms with Crippen LogP contribution in [0.25, 0.3) is 11.0 Å². The maximum absolute atomic E-state index is 10.5. The molecule has 4 heteroatoms. The minimum Gasteiger partial charge on any atom is -0.458 e. The van der Waals surface area contributed by atoms with Gasteiger partial charge in [0.25, 0.3) is 0 Å². The summed E-state index contributed by atoms with van der Waals surface area (Å²) >= 11 is 0. The predicted octanol–water partition coefficient (Wildman–Crippen LogP) is 2.60. The number of aliphatic hydroxyl groups excluding tert-OH is 1. The van der Waals surface area contributed by atoms with Crippen LogP contribution in [0.4, 0.5) is 0 Å². The zero-order valence-corrected chi connectivity index (χ0v) is 10.9. The number of nitrogens with zero attached hydrogens (tertiary/aromatic N) is 1. The third kappa shape index (κ3) is 2.31. The molecule has 1 aromatic carbocycles. The van der Waals surface area contributed by atoms with Gasteiger partial charge >= 0.3 is 0 Å². The number of aliphatic hydroxyl groups is 1. The number of hydrogen-bond acceptors (Lipinski definition) is 4. The Morgan fingerprint density at radius 1 is 1.15 bits per heavy atom. The van der Waals surface area contributed by atoms with Crippen molar-refractivity contribution in [1.82, 2.24) is 4.98 Å². The number of benzene rings is 1. The summed E-state index contributed by atoms with van der Waals surface area (Å²) in [6.45, 7) is 0.336. The van der Waals surface area contributed by atoms with Crippen LogP contribution in [0, 0.1) is 0 Å². The number of hydrogen-bond donors (Lipinski definition) is 2. The Labute approximate surface area is 116 Å². The molecule has 0 amide bonds. The van der Waals surface area contributed by atoms with E-state index in [1.54, 1.807) is 12.4 Å². The second kappa shape index (κ2) is 5.45. The molecule has 0 saturated carbocycles. The number of rotatable bonds is 4. The molecule has 0 spiro atoms. The number of pyridine rings is 1. The maximum Gasteiger partial charge on any atom is 0.134 e. The largest absolute Gasteiger partial charge is 0.458 e. The van der Waals surface area contributed by atoms with E-state index in [-0.39, 0.29) is 5.92 Å². The highest BCUT2D eigenvalue weighted by Crippen LogP contribution is 2.33. The van der Waals surface area contributed by atoms with Crippen LogP contribution in [-0.2, 0) is 0 Å². The van der Waals surface area contributed by atoms with E-state index in [9.17, 15) is 5.11 Å². The predicted molar refractivity (Wildman–Crippen MR) is 77.2 cm³/mol. The molecular formula is C16H16N2O2. The third-order valence-corrected chi connectivity index (χ3v) is 3.51. The second-order valence-corrected chi connectivity index (χ2v) is 4.75. The van der Waals surface area contributed by atoms with Gasteiger partial charge in [-0.15, -0.1) is 0 Å². The second-order valence-electron chi connectivity index (χ2n) is 4.75. The van der Waals surface area contributed by atoms with Crippen molar-refractivity contribution in [2.45, 2.75) is 12.0 Å². The van der Waals surface area contributed by atoms with Crippen molar-refractivity contribution in [3.63, 3.8) is 0 Å². The van der Waals surface area contributed by atoms with Gasteiger partial charge in [-0.1, -0.05) is 18.2 Å². The van der Waals surface area contributed by atoms with Gasteiger partial charge in [0.2, 0.25) is 0 Å². The summed E-state index contributed by atoms with van der Waals surface area (Å²) < 4.78 is 5.71. The highest BCUT2D eigenvalue weighted by Gasteiger charge is 2.24. The summed E-state index contributed by atoms with van der Waals surface area (Å²) in [7, 11) is 0. The van der Waals surface area contributed by atoms with Crippen molar-refractivity contribution in [1.29, 1.82) is 0 Å². The van der Waals surface area contributed by atoms with Crippen molar-refractivity contribution in [3.8, 4) is 0 Å². The van der Waals surface area contributed by atoms with E-state index < -0.39 is 6.10 Å². The van der Waals surface area contributed by atoms with Gasteiger partial charge in [-0.05, 0) is 29.8 Å². The lowest BCUT2D eigenvalue weighted by Crippen LogP contribution is -2.19. The maximum atomic E-state index is 10.5. The van der Waals surface area contributed by atoms with Crippen LogP contribution < -0.4 is 5.73 Å². The lowest BCUT2D eigenvalue weighted by Gasteiger charge is -2.19. The lowest BCUT2D eigenvalue weighted by molar-refractivity contribution is 0.124. The Balaban J connectivity index is 1.95. The molecule has 3 rings (SSSR count). The van der Waals surface area contributed by atoms with Crippen LogP contribution in [0.1, 0.15) is 23.3 Å². The Morgan fingerprint density at radius 3 is 2.60 bits per heavy atom. The summed E-state index contributed by atoms with van der Waals surface area (Å²) in [5.41, 5.74) is 7.54. The van der Waals surface area contributed by atoms with Crippen LogP contribution in [0.3, 0.4) is 0 Å². The topological polar surface area (TPSA) is 72.3 Å². The average Bonchev–Trinajstić information content (AvgIpc) is 2.93. The molecule has 2 aromatic heterocycles. The highest BCUT2D eigenvalue weighted by atomic mass is 16.4. The summed E-state index contributed by atoms with van der Waals surface area (Å²) in [5, 5.41) is 11.5. The summed E-state index contributed by atoms with van der Waals surface area (Å²) in [4.78, 5) is 3.98. The first-order valence-corrected chi connectivity index (χ1v) is 6.56. The molecule has 0 aliphatic rings. The molecule has 2 atom stereocenters. The molecule has 2 unspecified atom stereocenters. The first-order chi connectivity index (χ1) is 9.79. The van der Waals surface area contributed by atoms with E-state index in [0.717, 1.165) is 16.5 Å². The molecule has 0 radical (unpaired) electrons. The van der Waals surface area contributed by atoms with Crippen molar-refractivity contribution in [2.24, 2.45) is 5.73 Å². The first kappa shape index (κ1) is 12.8. The fourth-order valence-corrected chi connectivity index (χ4v) is 2.40. The fraction of sp³-hybridized carbons (Fsp3) is 0.188. The van der Waals surface area contributed by atoms with Crippen LogP contribution in [0.15, 0.2) is 59.3 Å². The van der Waals surface area contributed by atoms with Gasteiger partial charge in [-0.2, -0.15) is 0 Å². The standard InChI is InChI=1S/C16H16N2O2/c17-10-13(11-5-7-18-8-6-11)16(19)15-9-12-3-1-2-4-14(12)20-15/h1-9,13,16,19H,10,17H2. The van der Waals surface area contributed by atoms with Crippen molar-refractivity contribution in [3.05, 3.63) is 66.2 Å². The molecule has 3 N–H and O–H groups in total. The Kier molecular flexibility index (Phi) is 3.50. The molecule has 102 valence electrons. The number of aromatic nitrogens is 1. The molecule has 0 bridgehead atoms. The first-order valence-electron chi connectivity index (χ1n) is 6.56. The summed E-state index contributed by atoms with van der Waals surface area (Å²) in [6, 6.07) is 13.3. The van der Waals surface area contributed by atoms with Crippen LogP contribution >= 0.6 is 0 Å². The van der Waals surface area contributed by atoms with Crippen LogP contribution in [0.2, 0.25) is 0 Å². The zero-order chi connectivity index (χ0) is 13.9. The van der Waals surface area contributed by atoms with Gasteiger partial charge in [-0.3, -0.25) is 4.98 Å². The molecule has 20 heavy (non-hydrogen) atoms. The average molecular weight is 268 g/mol. The lowest BCUT2D eigenvalue weighted by atomic mass is 9.93. The van der Waals surface area contributed by atoms with Gasteiger partial charge in [-0.25, -0.2) is 0 Å². The van der Waals surface area contributed by atoms with Gasteiger partial charge in [0.1, 0.15) is 17.4 Å². The molecule has 2 heterocycles. The zero-order valence-electron chi connectivity index (χ0n) is 10.9. The third-order valence-electron chi connectivity index (χ3n) is 3.51. The Bertz CT molecular complexity index is 661. The van der Waals surface area contributed by atoms with E-state index >= 15 is 0 Å². The van der Waals surface area contributed by atoms with Crippen molar-refractivity contribution < 1.29 is 9.52 Å². The highest BCUT2D eigenvalue weighted by molar-refractivity contribution is 5.77. The van der Waals surface area contributed by atoms with E-state index in [4.69, 9.17) is 10.2 Å². The van der Waals surface area contributed by atoms with Crippen LogP contribution in [0.5, 0.6) is 0 Å². The smallest absolute Gasteiger partial charge is 0.134 e. The van der Waals surface area contributed by atoms with Gasteiger partial charge in [0.05, 0.1) is 0 Å². The molecular weight excluding hydrogens is 252 g/mol. The molecule has 0 saturated heterocycles. The molecule has 0 fully saturated rings. The number of furan rings is 1. The van der Waals surface area contributed by atoms with Crippen molar-refractivity contribution >= 4 is 11.0 Å². The number of para-hydroxylation sites is 1. The minimum absolute atomic E-state index is 0.210. The van der Waals surface area contributed by atoms with E-state index in [1.807, 2.05) is 42.5 Å². The molecule has 0 aliphatic heterocycles. The van der Waals surface area contributed by atoms with Gasteiger partial charge < -0.3 is 15.3 Å². The van der Waals surface area contributed by atoms with E-state index in [1.165, 1.54) is 0 Å². The number of fused-ring (bicyclic) bond motifs is 1. The molecule has 0 aliphatic carbocycles. The van der Waals surface area contributed by atoms with Crippen LogP contribution in [-0.4, -0.2) is 16.6 Å². The summed E-state index contributed by atoms with van der Waals surface area (Å²) in [6.07, 6.45) is 2.63. The fourth-order valence-electron chi connectivity index (χ4n) is 2.40. The Morgan fingerprint density at radius 2 is 1.90 bits per heavy atom. The van der Waals surface area contributed by atoms with Gasteiger partial charge in [0, 0.05) is 30.2 Å². The van der Waals surface area contributed by atoms with E-state index in [0.29, 0.717) is 12.3 Å². The molecule has 3 aromatic rings. The SMILES string of the molecule is NCC(c1ccncc1)C(O)c1cc2ccccc2o1. The Hall–Kier alpha value is -2.17. The normalized spacial score (nSPS) is 14.3. The van der Waals surface area contributed by atoms with Crippen molar-refractivity contribution in [2.75, 3.05) is 6.54 Å². The quantitative estimate of drug-likeness (QED) is 0.763. The monoisotopic (exact) mass is 268 g/mol. The number of nitrogens with two attached hydrogens (primary N) is 1. The summed E-state index contributed by atoms with van der Waals surface area (Å²) in [5.74, 6) is 0.331. The van der Waals surface area contributed by atoms with E-state index in [2.05, 4.69) is 4.98 Å².